The Balaban J connectivity index is 1.13. The first-order valence-corrected chi connectivity index (χ1v) is 11.5. The molecule has 164 valence electrons. The Morgan fingerprint density at radius 1 is 0.788 bits per heavy atom. The van der Waals surface area contributed by atoms with Gasteiger partial charge in [-0.25, -0.2) is 4.98 Å². The Morgan fingerprint density at radius 3 is 2.24 bits per heavy atom. The van der Waals surface area contributed by atoms with Gasteiger partial charge in [-0.1, -0.05) is 30.3 Å². The number of nitrogens with zero attached hydrogens (tertiary/aromatic N) is 3. The van der Waals surface area contributed by atoms with E-state index in [4.69, 9.17) is 8.83 Å². The summed E-state index contributed by atoms with van der Waals surface area (Å²) in [4.78, 5) is 33.8. The summed E-state index contributed by atoms with van der Waals surface area (Å²) in [6.45, 7) is 1.74. The standard InChI is InChI=1S/C25H19N3O4S/c29-24(20-10-9-19(32-20)23-26-17-6-2-4-8-22(17)33-23)27-11-13-28(14-12-27)25(30)21-15-16-5-1-3-7-18(16)31-21/h1-10,15H,11-14H2. The quantitative estimate of drug-likeness (QED) is 0.385. The van der Waals surface area contributed by atoms with Crippen LogP contribution < -0.4 is 0 Å². The minimum absolute atomic E-state index is 0.158. The fraction of sp³-hybridized carbons (Fsp3) is 0.160. The van der Waals surface area contributed by atoms with Crippen LogP contribution in [0.25, 0.3) is 32.0 Å². The van der Waals surface area contributed by atoms with Gasteiger partial charge in [0.15, 0.2) is 22.3 Å². The molecule has 8 heteroatoms. The number of rotatable bonds is 3. The van der Waals surface area contributed by atoms with Gasteiger partial charge < -0.3 is 18.6 Å². The van der Waals surface area contributed by atoms with Crippen molar-refractivity contribution < 1.29 is 18.4 Å². The van der Waals surface area contributed by atoms with Crippen molar-refractivity contribution in [2.24, 2.45) is 0 Å². The van der Waals surface area contributed by atoms with Crippen LogP contribution in [0.15, 0.2) is 75.6 Å². The van der Waals surface area contributed by atoms with Gasteiger partial charge in [0.1, 0.15) is 5.58 Å². The molecule has 2 aromatic carbocycles. The molecular formula is C25H19N3O4S. The molecule has 2 amide bonds. The summed E-state index contributed by atoms with van der Waals surface area (Å²) in [5, 5.41) is 1.65. The molecule has 1 fully saturated rings. The molecule has 1 saturated heterocycles. The van der Waals surface area contributed by atoms with Crippen molar-refractivity contribution >= 4 is 44.3 Å². The molecule has 0 atom stereocenters. The van der Waals surface area contributed by atoms with Gasteiger partial charge in [-0.05, 0) is 36.4 Å². The molecule has 0 bridgehead atoms. The van der Waals surface area contributed by atoms with E-state index in [0.717, 1.165) is 20.6 Å². The second-order valence-corrected chi connectivity index (χ2v) is 8.91. The van der Waals surface area contributed by atoms with Crippen LogP contribution in [-0.2, 0) is 0 Å². The Bertz CT molecular complexity index is 1420. The van der Waals surface area contributed by atoms with Crippen molar-refractivity contribution in [3.05, 3.63) is 78.3 Å². The lowest BCUT2D eigenvalue weighted by Crippen LogP contribution is -2.50. The zero-order valence-electron chi connectivity index (χ0n) is 17.6. The van der Waals surface area contributed by atoms with Crippen LogP contribution in [0.5, 0.6) is 0 Å². The number of para-hydroxylation sites is 2. The highest BCUT2D eigenvalue weighted by atomic mass is 32.1. The number of hydrogen-bond donors (Lipinski definition) is 0. The van der Waals surface area contributed by atoms with Crippen molar-refractivity contribution in [1.29, 1.82) is 0 Å². The normalized spacial score (nSPS) is 14.3. The highest BCUT2D eigenvalue weighted by Gasteiger charge is 2.28. The van der Waals surface area contributed by atoms with Gasteiger partial charge in [-0.15, -0.1) is 11.3 Å². The minimum Gasteiger partial charge on any atom is -0.451 e. The molecule has 0 unspecified atom stereocenters. The van der Waals surface area contributed by atoms with E-state index in [-0.39, 0.29) is 17.6 Å². The van der Waals surface area contributed by atoms with E-state index in [1.807, 2.05) is 48.5 Å². The predicted octanol–water partition coefficient (Wildman–Crippen LogP) is 4.90. The lowest BCUT2D eigenvalue weighted by molar-refractivity contribution is 0.0504. The molecule has 0 radical (unpaired) electrons. The van der Waals surface area contributed by atoms with E-state index >= 15 is 0 Å². The summed E-state index contributed by atoms with van der Waals surface area (Å²) in [6.07, 6.45) is 0. The van der Waals surface area contributed by atoms with Crippen molar-refractivity contribution in [1.82, 2.24) is 14.8 Å². The summed E-state index contributed by atoms with van der Waals surface area (Å²) >= 11 is 1.53. The van der Waals surface area contributed by atoms with Crippen molar-refractivity contribution in [2.45, 2.75) is 0 Å². The van der Waals surface area contributed by atoms with Crippen molar-refractivity contribution in [3.8, 4) is 10.8 Å². The SMILES string of the molecule is O=C(c1ccc(-c2nc3ccccc3s2)o1)N1CCN(C(=O)c2cc3ccccc3o2)CC1. The minimum atomic E-state index is -0.182. The molecule has 0 spiro atoms. The van der Waals surface area contributed by atoms with E-state index in [9.17, 15) is 9.59 Å². The third kappa shape index (κ3) is 3.58. The monoisotopic (exact) mass is 457 g/mol. The largest absolute Gasteiger partial charge is 0.451 e. The maximum absolute atomic E-state index is 13.0. The maximum Gasteiger partial charge on any atom is 0.289 e. The maximum atomic E-state index is 13.0. The van der Waals surface area contributed by atoms with Crippen LogP contribution in [0.1, 0.15) is 21.1 Å². The molecule has 7 nitrogen and oxygen atoms in total. The van der Waals surface area contributed by atoms with Gasteiger partial charge in [0.05, 0.1) is 10.2 Å². The number of thiazole rings is 1. The number of hydrogen-bond acceptors (Lipinski definition) is 6. The van der Waals surface area contributed by atoms with Crippen LogP contribution in [0.2, 0.25) is 0 Å². The zero-order chi connectivity index (χ0) is 22.4. The number of carbonyl (C=O) groups is 2. The Hall–Kier alpha value is -3.91. The molecule has 1 aliphatic rings. The molecule has 6 rings (SSSR count). The number of fused-ring (bicyclic) bond motifs is 2. The van der Waals surface area contributed by atoms with Crippen LogP contribution in [-0.4, -0.2) is 52.8 Å². The molecular weight excluding hydrogens is 438 g/mol. The number of benzene rings is 2. The molecule has 33 heavy (non-hydrogen) atoms. The van der Waals surface area contributed by atoms with Crippen molar-refractivity contribution in [2.75, 3.05) is 26.2 Å². The lowest BCUT2D eigenvalue weighted by Gasteiger charge is -2.33. The Morgan fingerprint density at radius 2 is 1.48 bits per heavy atom. The van der Waals surface area contributed by atoms with Crippen LogP contribution in [0.3, 0.4) is 0 Å². The van der Waals surface area contributed by atoms with E-state index in [1.165, 1.54) is 11.3 Å². The van der Waals surface area contributed by atoms with E-state index in [1.54, 1.807) is 28.0 Å². The van der Waals surface area contributed by atoms with Gasteiger partial charge in [0.2, 0.25) is 0 Å². The highest BCUT2D eigenvalue weighted by Crippen LogP contribution is 2.31. The summed E-state index contributed by atoms with van der Waals surface area (Å²) in [6, 6.07) is 20.7. The van der Waals surface area contributed by atoms with Gasteiger partial charge in [-0.3, -0.25) is 9.59 Å². The average Bonchev–Trinajstić information content (AvgIpc) is 3.60. The lowest BCUT2D eigenvalue weighted by atomic mass is 10.2. The van der Waals surface area contributed by atoms with Crippen LogP contribution in [0, 0.1) is 0 Å². The Kier molecular flexibility index (Phi) is 4.73. The fourth-order valence-electron chi connectivity index (χ4n) is 4.06. The van der Waals surface area contributed by atoms with Crippen LogP contribution in [0.4, 0.5) is 0 Å². The Labute approximate surface area is 192 Å². The summed E-state index contributed by atoms with van der Waals surface area (Å²) in [5.41, 5.74) is 1.60. The molecule has 1 aliphatic heterocycles. The summed E-state index contributed by atoms with van der Waals surface area (Å²) in [7, 11) is 0. The van der Waals surface area contributed by atoms with Gasteiger partial charge >= 0.3 is 0 Å². The van der Waals surface area contributed by atoms with Gasteiger partial charge in [0, 0.05) is 31.6 Å². The molecule has 4 heterocycles. The fourth-order valence-corrected chi connectivity index (χ4v) is 4.98. The molecule has 3 aromatic heterocycles. The molecule has 0 aliphatic carbocycles. The topological polar surface area (TPSA) is 79.8 Å². The van der Waals surface area contributed by atoms with E-state index in [0.29, 0.717) is 43.3 Å². The second kappa shape index (κ2) is 7.90. The van der Waals surface area contributed by atoms with Gasteiger partial charge in [-0.2, -0.15) is 0 Å². The first-order valence-electron chi connectivity index (χ1n) is 10.7. The smallest absolute Gasteiger partial charge is 0.289 e. The van der Waals surface area contributed by atoms with Crippen LogP contribution >= 0.6 is 11.3 Å². The predicted molar refractivity (Wildman–Crippen MR) is 125 cm³/mol. The average molecular weight is 458 g/mol. The number of carbonyl (C=O) groups excluding carboxylic acids is 2. The van der Waals surface area contributed by atoms with Gasteiger partial charge in [0.25, 0.3) is 11.8 Å². The third-order valence-electron chi connectivity index (χ3n) is 5.81. The molecule has 5 aromatic rings. The summed E-state index contributed by atoms with van der Waals surface area (Å²) < 4.78 is 12.6. The zero-order valence-corrected chi connectivity index (χ0v) is 18.4. The summed E-state index contributed by atoms with van der Waals surface area (Å²) in [5.74, 6) is 0.842. The third-order valence-corrected chi connectivity index (χ3v) is 6.86. The first-order chi connectivity index (χ1) is 16.2. The molecule has 0 N–H and O–H groups in total. The van der Waals surface area contributed by atoms with E-state index in [2.05, 4.69) is 4.98 Å². The highest BCUT2D eigenvalue weighted by molar-refractivity contribution is 7.21. The number of amides is 2. The molecule has 0 saturated carbocycles. The number of piperazine rings is 1. The number of furan rings is 2. The number of aromatic nitrogens is 1. The first kappa shape index (κ1) is 19.8. The second-order valence-electron chi connectivity index (χ2n) is 7.88. The van der Waals surface area contributed by atoms with E-state index < -0.39 is 0 Å². The van der Waals surface area contributed by atoms with Crippen molar-refractivity contribution in [3.63, 3.8) is 0 Å².